The highest BCUT2D eigenvalue weighted by atomic mass is 19.1. The molecule has 0 fully saturated rings. The molecule has 1 heterocycles. The number of rotatable bonds is 3. The van der Waals surface area contributed by atoms with Crippen molar-refractivity contribution in [3.63, 3.8) is 0 Å². The number of aliphatic hydroxyl groups excluding tert-OH is 1. The van der Waals surface area contributed by atoms with E-state index in [4.69, 9.17) is 4.52 Å². The zero-order valence-electron chi connectivity index (χ0n) is 12.7. The smallest absolute Gasteiger partial charge is 0.173 e. The molecule has 0 radical (unpaired) electrons. The van der Waals surface area contributed by atoms with Gasteiger partial charge in [0.1, 0.15) is 17.3 Å². The minimum atomic E-state index is -0.708. The highest BCUT2D eigenvalue weighted by Crippen LogP contribution is 2.36. The molecule has 0 aliphatic heterocycles. The van der Waals surface area contributed by atoms with Crippen LogP contribution in [-0.2, 0) is 6.61 Å². The third-order valence-corrected chi connectivity index (χ3v) is 3.79. The second kappa shape index (κ2) is 5.93. The molecule has 3 nitrogen and oxygen atoms in total. The maximum atomic E-state index is 13.4. The summed E-state index contributed by atoms with van der Waals surface area (Å²) in [6.07, 6.45) is 0. The van der Waals surface area contributed by atoms with Crippen LogP contribution in [0.4, 0.5) is 8.78 Å². The van der Waals surface area contributed by atoms with E-state index in [-0.39, 0.29) is 17.9 Å². The minimum absolute atomic E-state index is 0.229. The number of aromatic nitrogens is 1. The van der Waals surface area contributed by atoms with Crippen molar-refractivity contribution < 1.29 is 18.4 Å². The maximum absolute atomic E-state index is 13.4. The zero-order valence-corrected chi connectivity index (χ0v) is 12.7. The van der Waals surface area contributed by atoms with Gasteiger partial charge < -0.3 is 9.63 Å². The molecule has 1 aromatic heterocycles. The summed E-state index contributed by atoms with van der Waals surface area (Å²) in [5.74, 6) is -0.996. The molecule has 0 unspecified atom stereocenters. The predicted molar refractivity (Wildman–Crippen MR) is 82.7 cm³/mol. The lowest BCUT2D eigenvalue weighted by Crippen LogP contribution is -1.93. The molecule has 0 aliphatic carbocycles. The monoisotopic (exact) mass is 315 g/mol. The van der Waals surface area contributed by atoms with E-state index in [9.17, 15) is 13.9 Å². The molecule has 3 aromatic rings. The van der Waals surface area contributed by atoms with Gasteiger partial charge in [0.2, 0.25) is 0 Å². The predicted octanol–water partition coefficient (Wildman–Crippen LogP) is 4.40. The first kappa shape index (κ1) is 15.4. The van der Waals surface area contributed by atoms with Gasteiger partial charge in [-0.1, -0.05) is 23.4 Å². The molecule has 0 aliphatic rings. The van der Waals surface area contributed by atoms with Crippen LogP contribution in [0.2, 0.25) is 0 Å². The number of benzene rings is 2. The van der Waals surface area contributed by atoms with Crippen molar-refractivity contribution in [1.82, 2.24) is 5.16 Å². The third kappa shape index (κ3) is 2.75. The average Bonchev–Trinajstić information content (AvgIpc) is 2.89. The average molecular weight is 315 g/mol. The third-order valence-electron chi connectivity index (χ3n) is 3.79. The van der Waals surface area contributed by atoms with Crippen molar-refractivity contribution in [3.8, 4) is 22.6 Å². The van der Waals surface area contributed by atoms with E-state index >= 15 is 0 Å². The van der Waals surface area contributed by atoms with Crippen LogP contribution in [-0.4, -0.2) is 10.3 Å². The molecule has 118 valence electrons. The number of hydrogen-bond donors (Lipinski definition) is 1. The van der Waals surface area contributed by atoms with Crippen LogP contribution in [0.5, 0.6) is 0 Å². The molecule has 0 amide bonds. The Hall–Kier alpha value is -2.53. The number of hydrogen-bond acceptors (Lipinski definition) is 3. The van der Waals surface area contributed by atoms with E-state index in [0.717, 1.165) is 34.9 Å². The topological polar surface area (TPSA) is 46.3 Å². The van der Waals surface area contributed by atoms with Gasteiger partial charge in [-0.05, 0) is 37.1 Å². The summed E-state index contributed by atoms with van der Waals surface area (Å²) in [6, 6.07) is 8.88. The van der Waals surface area contributed by atoms with Crippen LogP contribution in [0.15, 0.2) is 40.9 Å². The zero-order chi connectivity index (χ0) is 16.6. The van der Waals surface area contributed by atoms with Crippen molar-refractivity contribution in [1.29, 1.82) is 0 Å². The SMILES string of the molecule is Cc1cccc(C)c1-c1onc(-c2cc(F)cc(F)c2)c1CO. The summed E-state index contributed by atoms with van der Waals surface area (Å²) < 4.78 is 32.3. The number of nitrogens with zero attached hydrogens (tertiary/aromatic N) is 1. The normalized spacial score (nSPS) is 11.0. The van der Waals surface area contributed by atoms with E-state index in [2.05, 4.69) is 5.16 Å². The summed E-state index contributed by atoms with van der Waals surface area (Å²) in [5.41, 5.74) is 3.64. The number of halogens is 2. The van der Waals surface area contributed by atoms with Crippen LogP contribution in [0.1, 0.15) is 16.7 Å². The van der Waals surface area contributed by atoms with E-state index in [1.807, 2.05) is 32.0 Å². The highest BCUT2D eigenvalue weighted by molar-refractivity contribution is 5.75. The van der Waals surface area contributed by atoms with E-state index < -0.39 is 11.6 Å². The molecule has 2 aromatic carbocycles. The Bertz CT molecular complexity index is 831. The van der Waals surface area contributed by atoms with Crippen LogP contribution in [0.3, 0.4) is 0 Å². The molecule has 3 rings (SSSR count). The second-order valence-corrected chi connectivity index (χ2v) is 5.42. The van der Waals surface area contributed by atoms with Gasteiger partial charge in [0.25, 0.3) is 0 Å². The largest absolute Gasteiger partial charge is 0.391 e. The van der Waals surface area contributed by atoms with Crippen LogP contribution < -0.4 is 0 Å². The van der Waals surface area contributed by atoms with Crippen molar-refractivity contribution in [2.45, 2.75) is 20.5 Å². The first-order chi connectivity index (χ1) is 11.0. The van der Waals surface area contributed by atoms with Gasteiger partial charge in [-0.2, -0.15) is 0 Å². The molecule has 5 heteroatoms. The van der Waals surface area contributed by atoms with Gasteiger partial charge >= 0.3 is 0 Å². The standard InChI is InChI=1S/C18H15F2NO2/c1-10-4-3-5-11(2)16(10)18-15(9-22)17(21-23-18)12-6-13(19)8-14(20)7-12/h3-8,22H,9H2,1-2H3. The summed E-state index contributed by atoms with van der Waals surface area (Å²) in [6.45, 7) is 3.50. The lowest BCUT2D eigenvalue weighted by Gasteiger charge is -2.08. The van der Waals surface area contributed by atoms with Gasteiger partial charge in [-0.25, -0.2) is 8.78 Å². The Morgan fingerprint density at radius 3 is 2.22 bits per heavy atom. The number of aryl methyl sites for hydroxylation is 2. The second-order valence-electron chi connectivity index (χ2n) is 5.42. The van der Waals surface area contributed by atoms with Crippen LogP contribution >= 0.6 is 0 Å². The van der Waals surface area contributed by atoms with Crippen molar-refractivity contribution in [2.24, 2.45) is 0 Å². The Morgan fingerprint density at radius 2 is 1.65 bits per heavy atom. The molecule has 0 spiro atoms. The van der Waals surface area contributed by atoms with E-state index in [0.29, 0.717) is 11.3 Å². The van der Waals surface area contributed by atoms with Gasteiger partial charge in [0.05, 0.1) is 12.2 Å². The Labute approximate surface area is 132 Å². The fraction of sp³-hybridized carbons (Fsp3) is 0.167. The highest BCUT2D eigenvalue weighted by Gasteiger charge is 2.21. The summed E-state index contributed by atoms with van der Waals surface area (Å²) >= 11 is 0. The Balaban J connectivity index is 2.21. The first-order valence-corrected chi connectivity index (χ1v) is 7.13. The fourth-order valence-corrected chi connectivity index (χ4v) is 2.74. The van der Waals surface area contributed by atoms with Crippen molar-refractivity contribution >= 4 is 0 Å². The van der Waals surface area contributed by atoms with Crippen molar-refractivity contribution in [3.05, 3.63) is 64.7 Å². The minimum Gasteiger partial charge on any atom is -0.391 e. The van der Waals surface area contributed by atoms with Gasteiger partial charge in [-0.3, -0.25) is 0 Å². The van der Waals surface area contributed by atoms with E-state index in [1.54, 1.807) is 0 Å². The molecular formula is C18H15F2NO2. The summed E-state index contributed by atoms with van der Waals surface area (Å²) in [5, 5.41) is 13.7. The molecule has 0 bridgehead atoms. The summed E-state index contributed by atoms with van der Waals surface area (Å²) in [4.78, 5) is 0. The Kier molecular flexibility index (Phi) is 3.96. The van der Waals surface area contributed by atoms with Crippen LogP contribution in [0.25, 0.3) is 22.6 Å². The van der Waals surface area contributed by atoms with Crippen LogP contribution in [0, 0.1) is 25.5 Å². The Morgan fingerprint density at radius 1 is 1.04 bits per heavy atom. The van der Waals surface area contributed by atoms with Gasteiger partial charge in [0.15, 0.2) is 5.76 Å². The molecule has 0 atom stereocenters. The number of aliphatic hydroxyl groups is 1. The molecule has 1 N–H and O–H groups in total. The first-order valence-electron chi connectivity index (χ1n) is 7.13. The molecule has 0 saturated carbocycles. The fourth-order valence-electron chi connectivity index (χ4n) is 2.74. The van der Waals surface area contributed by atoms with E-state index in [1.165, 1.54) is 0 Å². The lowest BCUT2D eigenvalue weighted by molar-refractivity contribution is 0.281. The molecule has 23 heavy (non-hydrogen) atoms. The summed E-state index contributed by atoms with van der Waals surface area (Å²) in [7, 11) is 0. The lowest BCUT2D eigenvalue weighted by atomic mass is 9.96. The molecular weight excluding hydrogens is 300 g/mol. The van der Waals surface area contributed by atoms with Gasteiger partial charge in [0, 0.05) is 17.2 Å². The van der Waals surface area contributed by atoms with Gasteiger partial charge in [-0.15, -0.1) is 0 Å². The maximum Gasteiger partial charge on any atom is 0.173 e. The van der Waals surface area contributed by atoms with Crippen molar-refractivity contribution in [2.75, 3.05) is 0 Å². The quantitative estimate of drug-likeness (QED) is 0.779. The molecule has 0 saturated heterocycles.